The van der Waals surface area contributed by atoms with Crippen molar-refractivity contribution >= 4 is 0 Å². The zero-order valence-electron chi connectivity index (χ0n) is 12.2. The number of aryl methyl sites for hydroxylation is 1. The number of hydrogen-bond acceptors (Lipinski definition) is 3. The number of aromatic nitrogens is 3. The standard InChI is InChI=1S/C15H28N4/c1-2-5-12(10-11-16)8-9-14-17-15(19-18-14)13-6-3-4-7-13/h12-13H,2-11,16H2,1H3,(H,17,18,19). The van der Waals surface area contributed by atoms with E-state index in [4.69, 9.17) is 5.73 Å². The fourth-order valence-electron chi connectivity index (χ4n) is 3.21. The fraction of sp³-hybridized carbons (Fsp3) is 0.867. The van der Waals surface area contributed by atoms with Crippen molar-refractivity contribution in [3.63, 3.8) is 0 Å². The number of hydrogen-bond donors (Lipinski definition) is 2. The average Bonchev–Trinajstić information content (AvgIpc) is 3.07. The predicted octanol–water partition coefficient (Wildman–Crippen LogP) is 3.16. The Morgan fingerprint density at radius 1 is 1.26 bits per heavy atom. The van der Waals surface area contributed by atoms with Crippen LogP contribution in [0.25, 0.3) is 0 Å². The first kappa shape index (κ1) is 14.5. The molecule has 0 radical (unpaired) electrons. The molecule has 19 heavy (non-hydrogen) atoms. The minimum atomic E-state index is 0.612. The second-order valence-corrected chi connectivity index (χ2v) is 5.89. The third kappa shape index (κ3) is 4.30. The molecule has 2 rings (SSSR count). The highest BCUT2D eigenvalue weighted by Gasteiger charge is 2.21. The molecule has 108 valence electrons. The third-order valence-corrected chi connectivity index (χ3v) is 4.33. The van der Waals surface area contributed by atoms with Gasteiger partial charge in [-0.1, -0.05) is 32.6 Å². The number of nitrogens with two attached hydrogens (primary N) is 1. The van der Waals surface area contributed by atoms with E-state index in [1.165, 1.54) is 44.9 Å². The SMILES string of the molecule is CCCC(CCN)CCc1nc(C2CCCC2)n[nH]1. The van der Waals surface area contributed by atoms with Crippen molar-refractivity contribution in [3.05, 3.63) is 11.6 Å². The highest BCUT2D eigenvalue weighted by Crippen LogP contribution is 2.32. The summed E-state index contributed by atoms with van der Waals surface area (Å²) in [5, 5.41) is 7.54. The topological polar surface area (TPSA) is 67.6 Å². The van der Waals surface area contributed by atoms with Crippen molar-refractivity contribution in [2.75, 3.05) is 6.54 Å². The molecule has 1 aromatic heterocycles. The van der Waals surface area contributed by atoms with Crippen LogP contribution in [0, 0.1) is 5.92 Å². The Morgan fingerprint density at radius 2 is 2.05 bits per heavy atom. The average molecular weight is 264 g/mol. The molecule has 0 aliphatic heterocycles. The molecule has 4 heteroatoms. The van der Waals surface area contributed by atoms with Gasteiger partial charge < -0.3 is 5.73 Å². The van der Waals surface area contributed by atoms with Crippen LogP contribution in [0.5, 0.6) is 0 Å². The lowest BCUT2D eigenvalue weighted by atomic mass is 9.94. The first-order valence-electron chi connectivity index (χ1n) is 7.94. The minimum absolute atomic E-state index is 0.612. The van der Waals surface area contributed by atoms with E-state index in [-0.39, 0.29) is 0 Å². The highest BCUT2D eigenvalue weighted by atomic mass is 15.2. The zero-order chi connectivity index (χ0) is 13.5. The molecule has 0 aromatic carbocycles. The Hall–Kier alpha value is -0.900. The van der Waals surface area contributed by atoms with E-state index in [9.17, 15) is 0 Å². The van der Waals surface area contributed by atoms with Crippen LogP contribution in [0.15, 0.2) is 0 Å². The van der Waals surface area contributed by atoms with Crippen molar-refractivity contribution in [1.29, 1.82) is 0 Å². The summed E-state index contributed by atoms with van der Waals surface area (Å²) in [6.45, 7) is 3.05. The molecule has 0 spiro atoms. The molecule has 4 nitrogen and oxygen atoms in total. The Kier molecular flexibility index (Phi) is 5.83. The molecule has 1 aliphatic carbocycles. The molecular weight excluding hydrogens is 236 g/mol. The van der Waals surface area contributed by atoms with Gasteiger partial charge in [0.05, 0.1) is 0 Å². The van der Waals surface area contributed by atoms with Crippen LogP contribution in [-0.4, -0.2) is 21.7 Å². The van der Waals surface area contributed by atoms with Crippen LogP contribution in [0.4, 0.5) is 0 Å². The van der Waals surface area contributed by atoms with Gasteiger partial charge in [0.1, 0.15) is 5.82 Å². The van der Waals surface area contributed by atoms with E-state index in [2.05, 4.69) is 22.1 Å². The summed E-state index contributed by atoms with van der Waals surface area (Å²) in [5.41, 5.74) is 5.68. The molecule has 1 aromatic rings. The van der Waals surface area contributed by atoms with E-state index in [0.717, 1.165) is 37.0 Å². The molecule has 0 amide bonds. The molecule has 0 saturated heterocycles. The molecule has 1 saturated carbocycles. The number of rotatable bonds is 8. The van der Waals surface area contributed by atoms with Crippen LogP contribution in [-0.2, 0) is 6.42 Å². The lowest BCUT2D eigenvalue weighted by molar-refractivity contribution is 0.417. The molecule has 1 fully saturated rings. The van der Waals surface area contributed by atoms with Gasteiger partial charge in [-0.25, -0.2) is 4.98 Å². The van der Waals surface area contributed by atoms with Gasteiger partial charge in [0.25, 0.3) is 0 Å². The minimum Gasteiger partial charge on any atom is -0.330 e. The Bertz CT molecular complexity index is 349. The van der Waals surface area contributed by atoms with Gasteiger partial charge in [0.2, 0.25) is 0 Å². The van der Waals surface area contributed by atoms with Gasteiger partial charge in [0.15, 0.2) is 5.82 Å². The first-order valence-corrected chi connectivity index (χ1v) is 7.94. The van der Waals surface area contributed by atoms with E-state index in [1.54, 1.807) is 0 Å². The van der Waals surface area contributed by atoms with Crippen molar-refractivity contribution in [1.82, 2.24) is 15.2 Å². The summed E-state index contributed by atoms with van der Waals surface area (Å²) >= 11 is 0. The molecule has 0 bridgehead atoms. The van der Waals surface area contributed by atoms with Gasteiger partial charge in [-0.2, -0.15) is 5.10 Å². The largest absolute Gasteiger partial charge is 0.330 e. The monoisotopic (exact) mass is 264 g/mol. The van der Waals surface area contributed by atoms with Gasteiger partial charge in [0, 0.05) is 12.3 Å². The highest BCUT2D eigenvalue weighted by molar-refractivity contribution is 5.00. The van der Waals surface area contributed by atoms with E-state index in [0.29, 0.717) is 5.92 Å². The van der Waals surface area contributed by atoms with Crippen LogP contribution >= 0.6 is 0 Å². The van der Waals surface area contributed by atoms with Crippen LogP contribution < -0.4 is 5.73 Å². The summed E-state index contributed by atoms with van der Waals surface area (Å²) in [6.07, 6.45) is 11.1. The predicted molar refractivity (Wildman–Crippen MR) is 78.0 cm³/mol. The smallest absolute Gasteiger partial charge is 0.153 e. The number of aromatic amines is 1. The maximum Gasteiger partial charge on any atom is 0.153 e. The lowest BCUT2D eigenvalue weighted by Crippen LogP contribution is -2.10. The third-order valence-electron chi connectivity index (χ3n) is 4.33. The number of nitrogens with one attached hydrogen (secondary N) is 1. The number of nitrogens with zero attached hydrogens (tertiary/aromatic N) is 2. The van der Waals surface area contributed by atoms with E-state index < -0.39 is 0 Å². The Labute approximate surface area is 116 Å². The molecule has 1 aliphatic rings. The molecule has 1 atom stereocenters. The van der Waals surface area contributed by atoms with Crippen molar-refractivity contribution in [3.8, 4) is 0 Å². The fourth-order valence-corrected chi connectivity index (χ4v) is 3.21. The summed E-state index contributed by atoms with van der Waals surface area (Å²) in [6, 6.07) is 0. The second-order valence-electron chi connectivity index (χ2n) is 5.89. The van der Waals surface area contributed by atoms with Gasteiger partial charge in [-0.3, -0.25) is 5.10 Å². The van der Waals surface area contributed by atoms with Gasteiger partial charge >= 0.3 is 0 Å². The number of H-pyrrole nitrogens is 1. The first-order chi connectivity index (χ1) is 9.33. The molecular formula is C15H28N4. The van der Waals surface area contributed by atoms with Crippen LogP contribution in [0.1, 0.15) is 75.9 Å². The van der Waals surface area contributed by atoms with E-state index in [1.807, 2.05) is 0 Å². The summed E-state index contributed by atoms with van der Waals surface area (Å²) in [5.74, 6) is 3.48. The summed E-state index contributed by atoms with van der Waals surface area (Å²) in [7, 11) is 0. The lowest BCUT2D eigenvalue weighted by Gasteiger charge is -2.13. The Balaban J connectivity index is 1.81. The molecule has 3 N–H and O–H groups in total. The zero-order valence-corrected chi connectivity index (χ0v) is 12.2. The van der Waals surface area contributed by atoms with Crippen LogP contribution in [0.2, 0.25) is 0 Å². The normalized spacial score (nSPS) is 18.0. The van der Waals surface area contributed by atoms with Crippen molar-refractivity contribution in [2.45, 2.75) is 70.6 Å². The Morgan fingerprint density at radius 3 is 2.74 bits per heavy atom. The molecule has 1 heterocycles. The summed E-state index contributed by atoms with van der Waals surface area (Å²) in [4.78, 5) is 4.69. The maximum atomic E-state index is 5.68. The second kappa shape index (κ2) is 7.63. The molecule has 1 unspecified atom stereocenters. The van der Waals surface area contributed by atoms with Gasteiger partial charge in [-0.05, 0) is 38.1 Å². The van der Waals surface area contributed by atoms with Gasteiger partial charge in [-0.15, -0.1) is 0 Å². The van der Waals surface area contributed by atoms with E-state index >= 15 is 0 Å². The maximum absolute atomic E-state index is 5.68. The summed E-state index contributed by atoms with van der Waals surface area (Å²) < 4.78 is 0. The van der Waals surface area contributed by atoms with Crippen molar-refractivity contribution < 1.29 is 0 Å². The van der Waals surface area contributed by atoms with Crippen molar-refractivity contribution in [2.24, 2.45) is 11.7 Å². The van der Waals surface area contributed by atoms with Crippen LogP contribution in [0.3, 0.4) is 0 Å². The quantitative estimate of drug-likeness (QED) is 0.758.